The van der Waals surface area contributed by atoms with Gasteiger partial charge in [0, 0.05) is 73.8 Å². The van der Waals surface area contributed by atoms with Gasteiger partial charge in [-0.05, 0) is 154 Å². The topological polar surface area (TPSA) is 327 Å². The van der Waals surface area contributed by atoms with Crippen molar-refractivity contribution >= 4 is 67.1 Å². The number of halogens is 2. The van der Waals surface area contributed by atoms with Crippen molar-refractivity contribution in [3.63, 3.8) is 0 Å². The minimum atomic E-state index is -0.963. The quantitative estimate of drug-likeness (QED) is 0.0896. The lowest BCUT2D eigenvalue weighted by Gasteiger charge is -2.36. The number of carboxylic acids is 1. The molecule has 492 valence electrons. The normalized spacial score (nSPS) is 20.4. The fourth-order valence-corrected chi connectivity index (χ4v) is 13.1. The summed E-state index contributed by atoms with van der Waals surface area (Å²) in [7, 11) is 0. The van der Waals surface area contributed by atoms with Crippen molar-refractivity contribution in [3.05, 3.63) is 207 Å². The number of hydrogen-bond acceptors (Lipinski definition) is 18. The van der Waals surface area contributed by atoms with E-state index in [1.807, 2.05) is 105 Å². The molecule has 20 rings (SSSR count). The number of anilines is 3. The third-order valence-electron chi connectivity index (χ3n) is 18.4. The molecule has 5 aliphatic carbocycles. The maximum Gasteiger partial charge on any atom is 0.336 e. The first-order valence-corrected chi connectivity index (χ1v) is 33.7. The summed E-state index contributed by atoms with van der Waals surface area (Å²) in [5, 5.41) is 40.0. The van der Waals surface area contributed by atoms with Gasteiger partial charge in [0.2, 0.25) is 0 Å². The number of carboxylic acid groups (broad SMARTS) is 1. The van der Waals surface area contributed by atoms with Crippen molar-refractivity contribution in [2.45, 2.75) is 132 Å². The van der Waals surface area contributed by atoms with E-state index in [0.717, 1.165) is 75.9 Å². The highest BCUT2D eigenvalue weighted by atomic mass is 79.9. The van der Waals surface area contributed by atoms with E-state index in [9.17, 15) is 19.5 Å². The highest BCUT2D eigenvalue weighted by Gasteiger charge is 2.37. The molecule has 0 saturated heterocycles. The predicted molar refractivity (Wildman–Crippen MR) is 362 cm³/mol. The number of nitrogens with two attached hydrogens (primary N) is 1. The fraction of sp³-hybridized carbons (Fsp3) is 0.304. The lowest BCUT2D eigenvalue weighted by atomic mass is 9.88. The first kappa shape index (κ1) is 63.1. The summed E-state index contributed by atoms with van der Waals surface area (Å²) >= 11 is 6.74. The molecule has 26 nitrogen and oxygen atoms in total. The molecular weight excluding hydrogens is 1370 g/mol. The Morgan fingerprint density at radius 1 is 0.619 bits per heavy atom. The zero-order valence-electron chi connectivity index (χ0n) is 52.2. The van der Waals surface area contributed by atoms with E-state index in [0.29, 0.717) is 93.9 Å². The molecule has 8 bridgehead atoms. The highest BCUT2D eigenvalue weighted by Crippen LogP contribution is 2.43. The van der Waals surface area contributed by atoms with Gasteiger partial charge >= 0.3 is 5.97 Å². The van der Waals surface area contributed by atoms with Gasteiger partial charge in [-0.1, -0.05) is 68.3 Å². The number of pyridine rings is 3. The molecule has 11 aromatic rings. The number of hydrogen-bond donors (Lipinski definition) is 5. The van der Waals surface area contributed by atoms with Crippen LogP contribution in [0.5, 0.6) is 0 Å². The van der Waals surface area contributed by atoms with Crippen LogP contribution in [0.4, 0.5) is 17.5 Å². The van der Waals surface area contributed by atoms with Gasteiger partial charge in [0.25, 0.3) is 11.8 Å². The van der Waals surface area contributed by atoms with E-state index in [4.69, 9.17) is 19.9 Å². The van der Waals surface area contributed by atoms with E-state index in [1.54, 1.807) is 55.6 Å². The molecule has 2 amide bonds. The number of imidazole rings is 2. The number of amides is 2. The minimum Gasteiger partial charge on any atom is -0.478 e. The van der Waals surface area contributed by atoms with Gasteiger partial charge in [-0.2, -0.15) is 0 Å². The molecule has 5 saturated carbocycles. The summed E-state index contributed by atoms with van der Waals surface area (Å²) < 4.78 is 27.8. The maximum atomic E-state index is 13.4. The van der Waals surface area contributed by atoms with Crippen molar-refractivity contribution < 1.29 is 33.7 Å². The Kier molecular flexibility index (Phi) is 18.0. The third-order valence-corrected chi connectivity index (χ3v) is 19.3. The molecule has 12 heterocycles. The fourth-order valence-electron chi connectivity index (χ4n) is 12.4. The van der Waals surface area contributed by atoms with E-state index in [2.05, 4.69) is 114 Å². The molecule has 97 heavy (non-hydrogen) atoms. The number of benzene rings is 3. The summed E-state index contributed by atoms with van der Waals surface area (Å²) in [6, 6.07) is 34.0. The van der Waals surface area contributed by atoms with Crippen LogP contribution in [0.2, 0.25) is 0 Å². The van der Waals surface area contributed by atoms with Gasteiger partial charge in [-0.3, -0.25) is 9.59 Å². The van der Waals surface area contributed by atoms with E-state index in [-0.39, 0.29) is 54.4 Å². The number of aromatic nitrogens is 16. The van der Waals surface area contributed by atoms with E-state index in [1.165, 1.54) is 31.4 Å². The number of fused-ring (bicyclic) bond motifs is 4. The average Bonchev–Trinajstić information content (AvgIpc) is 1.66. The van der Waals surface area contributed by atoms with Gasteiger partial charge in [-0.15, -0.1) is 30.6 Å². The number of carbonyl (C=O) groups is 3. The van der Waals surface area contributed by atoms with Gasteiger partial charge < -0.3 is 58.9 Å². The number of H-pyrrole nitrogens is 1. The molecule has 0 unspecified atom stereocenters. The SMILES string of the molecule is Nc1cccc(-c2nncn2C2CC(OCc3ccc(Br)cc3C(=O)O)C2)n1.O=C1Nc2cccc(n2)-c2nncn2C2CC(C2)OCc2ccc(-n3cnc(C4CC4)c3)cc21.O=C1Nc2cccc(n2)-c2nncn2C2CC(C2)OCc2ccc(Br)cc21.c1ncc(C2CC2)[nH]1. The predicted octanol–water partition coefficient (Wildman–Crippen LogP) is 12.1. The lowest BCUT2D eigenvalue weighted by molar-refractivity contribution is -0.0357. The molecule has 5 fully saturated rings. The van der Waals surface area contributed by atoms with Gasteiger partial charge in [0.1, 0.15) is 53.5 Å². The molecule has 8 aromatic heterocycles. The second-order valence-corrected chi connectivity index (χ2v) is 26.9. The zero-order valence-corrected chi connectivity index (χ0v) is 55.4. The minimum absolute atomic E-state index is 0.0549. The highest BCUT2D eigenvalue weighted by molar-refractivity contribution is 9.10. The van der Waals surface area contributed by atoms with Crippen LogP contribution in [0.3, 0.4) is 0 Å². The van der Waals surface area contributed by atoms with Crippen molar-refractivity contribution in [1.29, 1.82) is 0 Å². The molecule has 3 aromatic carbocycles. The maximum absolute atomic E-state index is 13.4. The second-order valence-electron chi connectivity index (χ2n) is 25.0. The van der Waals surface area contributed by atoms with Crippen molar-refractivity contribution in [1.82, 2.24) is 78.8 Å². The Morgan fingerprint density at radius 3 is 1.71 bits per heavy atom. The van der Waals surface area contributed by atoms with Crippen LogP contribution in [0.1, 0.15) is 153 Å². The van der Waals surface area contributed by atoms with Crippen LogP contribution < -0.4 is 16.4 Å². The Balaban J connectivity index is 0.000000113. The van der Waals surface area contributed by atoms with Gasteiger partial charge in [-0.25, -0.2) is 29.7 Å². The Bertz CT molecular complexity index is 4680. The number of nitrogens with one attached hydrogen (secondary N) is 3. The molecule has 4 aliphatic heterocycles. The molecule has 0 radical (unpaired) electrons. The molecule has 9 aliphatic rings. The van der Waals surface area contributed by atoms with Crippen LogP contribution >= 0.6 is 31.9 Å². The van der Waals surface area contributed by atoms with Gasteiger partial charge in [0.15, 0.2) is 17.5 Å². The Morgan fingerprint density at radius 2 is 1.15 bits per heavy atom. The van der Waals surface area contributed by atoms with Crippen molar-refractivity contribution in [3.8, 4) is 40.2 Å². The van der Waals surface area contributed by atoms with Crippen molar-refractivity contribution in [2.75, 3.05) is 16.4 Å². The van der Waals surface area contributed by atoms with Crippen LogP contribution in [-0.2, 0) is 34.0 Å². The summed E-state index contributed by atoms with van der Waals surface area (Å²) in [6.07, 6.45) is 23.3. The number of ether oxygens (including phenoxy) is 3. The molecular formula is C69H65Br2N19O7. The third kappa shape index (κ3) is 14.3. The van der Waals surface area contributed by atoms with Gasteiger partial charge in [0.05, 0.1) is 62.0 Å². The van der Waals surface area contributed by atoms with E-state index >= 15 is 0 Å². The zero-order chi connectivity index (χ0) is 66.1. The number of nitrogen functional groups attached to an aromatic ring is 1. The van der Waals surface area contributed by atoms with Crippen LogP contribution in [0, 0.1) is 0 Å². The lowest BCUT2D eigenvalue weighted by Crippen LogP contribution is -2.33. The van der Waals surface area contributed by atoms with Crippen molar-refractivity contribution in [2.24, 2.45) is 0 Å². The number of nitrogens with zero attached hydrogens (tertiary/aromatic N) is 15. The number of aromatic amines is 1. The number of rotatable bonds is 9. The summed E-state index contributed by atoms with van der Waals surface area (Å²) in [4.78, 5) is 62.8. The largest absolute Gasteiger partial charge is 0.478 e. The molecule has 0 atom stereocenters. The number of aromatic carboxylic acids is 1. The molecule has 28 heteroatoms. The second kappa shape index (κ2) is 27.6. The molecule has 0 spiro atoms. The number of carbonyl (C=O) groups excluding carboxylic acids is 2. The average molecular weight is 1430 g/mol. The first-order valence-electron chi connectivity index (χ1n) is 32.2. The summed E-state index contributed by atoms with van der Waals surface area (Å²) in [5.74, 6) is 3.45. The smallest absolute Gasteiger partial charge is 0.336 e. The standard InChI is InChI=1S/C25H23N7O2.C19H18BrN5O3.C19H16BrN5O2.C6H8N2/c33-25-20-10-17(31-11-22(26-13-31)15-4-5-15)7-6-16(20)12-34-19-8-18(9-19)32-14-27-30-24(32)21-2-1-3-23(28-21)29-25;20-12-5-4-11(15(6-12)19(26)27)9-28-14-7-13(8-14)25-10-22-24-18(25)16-2-1-3-17(21)23-16;20-12-5-4-11-9-27-14-7-13(8-14)25-10-21-24-18(25)16-2-1-3-17(22-16)23-19(26)15(11)6-12;1-2-5(1)6-3-7-4-8-6/h1-3,6-7,10-11,13-15,18-19H,4-5,8-9,12H2,(H,28,29,33);1-6,10,13-14H,7-9H2,(H2,21,23)(H,26,27);1-6,10,13-14H,7-9H2,(H,22,23,26);3-5H,1-2H2,(H,7,8). The van der Waals surface area contributed by atoms with Crippen LogP contribution in [0.25, 0.3) is 40.2 Å². The van der Waals surface area contributed by atoms with E-state index < -0.39 is 5.97 Å². The Hall–Kier alpha value is -10.0. The Labute approximate surface area is 572 Å². The first-order chi connectivity index (χ1) is 47.4. The summed E-state index contributed by atoms with van der Waals surface area (Å²) in [5.41, 5.74) is 14.9. The molecule has 6 N–H and O–H groups in total. The van der Waals surface area contributed by atoms with Crippen LogP contribution in [0.15, 0.2) is 162 Å². The monoisotopic (exact) mass is 1430 g/mol. The summed E-state index contributed by atoms with van der Waals surface area (Å²) in [6.45, 7) is 1.04. The van der Waals surface area contributed by atoms with Crippen LogP contribution in [-0.4, -0.2) is 120 Å².